The van der Waals surface area contributed by atoms with Gasteiger partial charge in [0.25, 0.3) is 0 Å². The predicted molar refractivity (Wildman–Crippen MR) is 88.1 cm³/mol. The normalized spacial score (nSPS) is 11.7. The number of benzene rings is 1. The van der Waals surface area contributed by atoms with Gasteiger partial charge in [0.1, 0.15) is 6.61 Å². The molecular weight excluding hydrogens is 309 g/mol. The van der Waals surface area contributed by atoms with Crippen LogP contribution in [0, 0.1) is 5.41 Å². The highest BCUT2D eigenvalue weighted by Crippen LogP contribution is 2.25. The van der Waals surface area contributed by atoms with Crippen molar-refractivity contribution < 1.29 is 9.53 Å². The highest BCUT2D eigenvalue weighted by molar-refractivity contribution is 6.42. The molecule has 116 valence electrons. The number of carbonyl (C=O) groups is 1. The monoisotopic (exact) mass is 329 g/mol. The van der Waals surface area contributed by atoms with Crippen molar-refractivity contribution in [2.45, 2.75) is 27.2 Å². The summed E-state index contributed by atoms with van der Waals surface area (Å²) in [6, 6.07) is 5.45. The van der Waals surface area contributed by atoms with Crippen molar-refractivity contribution in [2.75, 3.05) is 13.2 Å². The summed E-state index contributed by atoms with van der Waals surface area (Å²) >= 11 is 12.0. The molecule has 0 aromatic heterocycles. The third-order valence-electron chi connectivity index (χ3n) is 2.62. The Morgan fingerprint density at radius 1 is 1.33 bits per heavy atom. The van der Waals surface area contributed by atoms with Crippen LogP contribution in [0.5, 0.6) is 0 Å². The van der Waals surface area contributed by atoms with Crippen LogP contribution in [0.3, 0.4) is 0 Å². The number of hydrogen-bond acceptors (Lipinski definition) is 2. The second kappa shape index (κ2) is 8.30. The molecule has 0 atom stereocenters. The van der Waals surface area contributed by atoms with Gasteiger partial charge in [0.05, 0.1) is 10.0 Å². The van der Waals surface area contributed by atoms with E-state index in [1.807, 2.05) is 24.3 Å². The number of carbonyl (C=O) groups excluding carboxylic acids is 1. The Labute approximate surface area is 136 Å². The van der Waals surface area contributed by atoms with Crippen LogP contribution in [0.15, 0.2) is 30.4 Å². The van der Waals surface area contributed by atoms with E-state index in [9.17, 15) is 4.79 Å². The van der Waals surface area contributed by atoms with Crippen LogP contribution >= 0.6 is 23.2 Å². The molecule has 1 aromatic carbocycles. The van der Waals surface area contributed by atoms with Crippen molar-refractivity contribution in [3.8, 4) is 0 Å². The Balaban J connectivity index is 2.28. The van der Waals surface area contributed by atoms with Crippen molar-refractivity contribution in [1.29, 1.82) is 0 Å². The molecule has 1 N–H and O–H groups in total. The number of amides is 1. The van der Waals surface area contributed by atoms with E-state index in [4.69, 9.17) is 27.9 Å². The molecule has 0 unspecified atom stereocenters. The highest BCUT2D eigenvalue weighted by atomic mass is 35.5. The minimum atomic E-state index is -0.438. The van der Waals surface area contributed by atoms with Gasteiger partial charge in [-0.2, -0.15) is 0 Å². The first-order valence-corrected chi connectivity index (χ1v) is 7.56. The fourth-order valence-corrected chi connectivity index (χ4v) is 2.03. The number of nitrogens with one attached hydrogen (secondary N) is 1. The lowest BCUT2D eigenvalue weighted by Gasteiger charge is -2.11. The number of ether oxygens (including phenoxy) is 1. The molecule has 0 saturated heterocycles. The van der Waals surface area contributed by atoms with Crippen LogP contribution < -0.4 is 5.32 Å². The zero-order valence-corrected chi connectivity index (χ0v) is 14.1. The SMILES string of the molecule is CC(C)(C)C=CCOC(=O)NCCc1cccc(Cl)c1Cl. The first-order chi connectivity index (χ1) is 9.79. The summed E-state index contributed by atoms with van der Waals surface area (Å²) in [5.74, 6) is 0. The first kappa shape index (κ1) is 17.9. The van der Waals surface area contributed by atoms with Crippen LogP contribution in [0.4, 0.5) is 4.79 Å². The van der Waals surface area contributed by atoms with Gasteiger partial charge in [-0.3, -0.25) is 0 Å². The molecule has 0 heterocycles. The summed E-state index contributed by atoms with van der Waals surface area (Å²) in [4.78, 5) is 11.5. The lowest BCUT2D eigenvalue weighted by molar-refractivity contribution is 0.158. The van der Waals surface area contributed by atoms with Crippen molar-refractivity contribution in [2.24, 2.45) is 5.41 Å². The van der Waals surface area contributed by atoms with Crippen molar-refractivity contribution in [3.63, 3.8) is 0 Å². The van der Waals surface area contributed by atoms with Gasteiger partial charge < -0.3 is 10.1 Å². The fourth-order valence-electron chi connectivity index (χ4n) is 1.62. The summed E-state index contributed by atoms with van der Waals surface area (Å²) in [6.07, 6.45) is 4.01. The van der Waals surface area contributed by atoms with E-state index in [0.717, 1.165) is 5.56 Å². The first-order valence-electron chi connectivity index (χ1n) is 6.81. The Hall–Kier alpha value is -1.19. The number of rotatable bonds is 5. The smallest absolute Gasteiger partial charge is 0.407 e. The summed E-state index contributed by atoms with van der Waals surface area (Å²) in [5.41, 5.74) is 0.987. The molecule has 0 aliphatic rings. The Morgan fingerprint density at radius 3 is 2.71 bits per heavy atom. The molecular formula is C16H21Cl2NO2. The quantitative estimate of drug-likeness (QED) is 0.783. The van der Waals surface area contributed by atoms with E-state index in [2.05, 4.69) is 26.1 Å². The maximum absolute atomic E-state index is 11.5. The van der Waals surface area contributed by atoms with E-state index in [-0.39, 0.29) is 12.0 Å². The van der Waals surface area contributed by atoms with Crippen molar-refractivity contribution >= 4 is 29.3 Å². The van der Waals surface area contributed by atoms with Crippen LogP contribution in [-0.4, -0.2) is 19.2 Å². The van der Waals surface area contributed by atoms with Gasteiger partial charge >= 0.3 is 6.09 Å². The van der Waals surface area contributed by atoms with Crippen molar-refractivity contribution in [3.05, 3.63) is 46.0 Å². The molecule has 1 aromatic rings. The van der Waals surface area contributed by atoms with Gasteiger partial charge in [-0.25, -0.2) is 4.79 Å². The molecule has 21 heavy (non-hydrogen) atoms. The van der Waals surface area contributed by atoms with Gasteiger partial charge in [-0.15, -0.1) is 0 Å². The van der Waals surface area contributed by atoms with E-state index in [1.165, 1.54) is 0 Å². The molecule has 5 heteroatoms. The maximum Gasteiger partial charge on any atom is 0.407 e. The van der Waals surface area contributed by atoms with E-state index in [1.54, 1.807) is 6.07 Å². The standard InChI is InChI=1S/C16H21Cl2NO2/c1-16(2,3)9-5-11-21-15(20)19-10-8-12-6-4-7-13(17)14(12)18/h4-7,9H,8,10-11H2,1-3H3,(H,19,20). The maximum atomic E-state index is 11.5. The van der Waals surface area contributed by atoms with Gasteiger partial charge in [0, 0.05) is 6.54 Å². The summed E-state index contributed by atoms with van der Waals surface area (Å²) in [7, 11) is 0. The summed E-state index contributed by atoms with van der Waals surface area (Å²) in [6.45, 7) is 6.96. The highest BCUT2D eigenvalue weighted by Gasteiger charge is 2.06. The van der Waals surface area contributed by atoms with E-state index >= 15 is 0 Å². The topological polar surface area (TPSA) is 38.3 Å². The van der Waals surface area contributed by atoms with Crippen LogP contribution in [0.25, 0.3) is 0 Å². The molecule has 0 saturated carbocycles. The van der Waals surface area contributed by atoms with Crippen LogP contribution in [0.1, 0.15) is 26.3 Å². The average molecular weight is 330 g/mol. The second-order valence-corrected chi connectivity index (χ2v) is 6.54. The van der Waals surface area contributed by atoms with Crippen molar-refractivity contribution in [1.82, 2.24) is 5.32 Å². The molecule has 3 nitrogen and oxygen atoms in total. The average Bonchev–Trinajstić information content (AvgIpc) is 2.39. The Morgan fingerprint density at radius 2 is 2.05 bits per heavy atom. The second-order valence-electron chi connectivity index (χ2n) is 5.76. The number of halogens is 2. The molecule has 0 aliphatic carbocycles. The summed E-state index contributed by atoms with van der Waals surface area (Å²) in [5, 5.41) is 3.73. The Kier molecular flexibility index (Phi) is 7.06. The van der Waals surface area contributed by atoms with Crippen LogP contribution in [0.2, 0.25) is 10.0 Å². The zero-order chi connectivity index (χ0) is 15.9. The zero-order valence-electron chi connectivity index (χ0n) is 12.6. The molecule has 0 radical (unpaired) electrons. The predicted octanol–water partition coefficient (Wildman–Crippen LogP) is 4.86. The Bertz CT molecular complexity index is 507. The van der Waals surface area contributed by atoms with Gasteiger partial charge in [-0.05, 0) is 23.5 Å². The van der Waals surface area contributed by atoms with Crippen LogP contribution in [-0.2, 0) is 11.2 Å². The van der Waals surface area contributed by atoms with Gasteiger partial charge in [0.15, 0.2) is 0 Å². The molecule has 0 aliphatic heterocycles. The molecule has 0 fully saturated rings. The number of hydrogen-bond donors (Lipinski definition) is 1. The summed E-state index contributed by atoms with van der Waals surface area (Å²) < 4.78 is 5.03. The van der Waals surface area contributed by atoms with E-state index < -0.39 is 6.09 Å². The number of alkyl carbamates (subject to hydrolysis) is 1. The largest absolute Gasteiger partial charge is 0.445 e. The minimum Gasteiger partial charge on any atom is -0.445 e. The number of allylic oxidation sites excluding steroid dienone is 1. The minimum absolute atomic E-state index is 0.0865. The molecule has 1 rings (SSSR count). The lowest BCUT2D eigenvalue weighted by atomic mass is 9.96. The van der Waals surface area contributed by atoms with Gasteiger partial charge in [0.2, 0.25) is 0 Å². The fraction of sp³-hybridized carbons (Fsp3) is 0.438. The van der Waals surface area contributed by atoms with Gasteiger partial charge in [-0.1, -0.05) is 68.3 Å². The third-order valence-corrected chi connectivity index (χ3v) is 3.48. The molecule has 0 spiro atoms. The molecule has 0 bridgehead atoms. The third kappa shape index (κ3) is 7.39. The van der Waals surface area contributed by atoms with E-state index in [0.29, 0.717) is 23.0 Å². The lowest BCUT2D eigenvalue weighted by Crippen LogP contribution is -2.26. The molecule has 1 amide bonds.